The number of rotatable bonds is 6. The van der Waals surface area contributed by atoms with Crippen molar-refractivity contribution in [3.8, 4) is 5.69 Å². The second-order valence-corrected chi connectivity index (χ2v) is 6.48. The summed E-state index contributed by atoms with van der Waals surface area (Å²) in [5.74, 6) is 0.450. The van der Waals surface area contributed by atoms with Gasteiger partial charge in [0.05, 0.1) is 24.0 Å². The van der Waals surface area contributed by atoms with Crippen LogP contribution in [-0.2, 0) is 0 Å². The first-order valence-corrected chi connectivity index (χ1v) is 8.17. The van der Waals surface area contributed by atoms with E-state index >= 15 is 0 Å². The van der Waals surface area contributed by atoms with Crippen LogP contribution < -0.4 is 5.32 Å². The Balaban J connectivity index is 1.92. The first-order chi connectivity index (χ1) is 11.1. The Kier molecular flexibility index (Phi) is 4.48. The number of amides is 1. The summed E-state index contributed by atoms with van der Waals surface area (Å²) in [6.45, 7) is 3.88. The van der Waals surface area contributed by atoms with E-state index in [4.69, 9.17) is 0 Å². The van der Waals surface area contributed by atoms with Gasteiger partial charge < -0.3 is 10.4 Å². The van der Waals surface area contributed by atoms with Crippen LogP contribution in [0.1, 0.15) is 48.8 Å². The minimum Gasteiger partial charge on any atom is -0.394 e. The molecule has 1 heterocycles. The predicted molar refractivity (Wildman–Crippen MR) is 88.7 cm³/mol. The molecule has 122 valence electrons. The van der Waals surface area contributed by atoms with Crippen molar-refractivity contribution in [1.29, 1.82) is 0 Å². The van der Waals surface area contributed by atoms with Crippen molar-refractivity contribution < 1.29 is 9.90 Å². The predicted octanol–water partition coefficient (Wildman–Crippen LogP) is 2.50. The molecule has 2 aromatic rings. The van der Waals surface area contributed by atoms with Crippen LogP contribution in [0.3, 0.4) is 0 Å². The molecule has 23 heavy (non-hydrogen) atoms. The lowest BCUT2D eigenvalue weighted by atomic mass is 10.1. The topological polar surface area (TPSA) is 67.2 Å². The van der Waals surface area contributed by atoms with E-state index in [0.29, 0.717) is 11.6 Å². The summed E-state index contributed by atoms with van der Waals surface area (Å²) in [6, 6.07) is 11.3. The third-order valence-electron chi connectivity index (χ3n) is 4.28. The zero-order chi connectivity index (χ0) is 16.4. The van der Waals surface area contributed by atoms with E-state index in [9.17, 15) is 9.90 Å². The highest BCUT2D eigenvalue weighted by molar-refractivity contribution is 5.93. The number of aliphatic hydroxyl groups is 1. The lowest BCUT2D eigenvalue weighted by molar-refractivity contribution is 0.0889. The Morgan fingerprint density at radius 2 is 2.04 bits per heavy atom. The number of aliphatic hydroxyl groups excluding tert-OH is 1. The molecule has 1 aromatic carbocycles. The lowest BCUT2D eigenvalue weighted by Crippen LogP contribution is -2.41. The van der Waals surface area contributed by atoms with Crippen LogP contribution >= 0.6 is 0 Å². The molecule has 1 aliphatic carbocycles. The van der Waals surface area contributed by atoms with Crippen molar-refractivity contribution >= 4 is 5.91 Å². The number of para-hydroxylation sites is 1. The first kappa shape index (κ1) is 15.7. The monoisotopic (exact) mass is 313 g/mol. The smallest absolute Gasteiger partial charge is 0.270 e. The second-order valence-electron chi connectivity index (χ2n) is 6.48. The number of nitrogens with zero attached hydrogens (tertiary/aromatic N) is 2. The van der Waals surface area contributed by atoms with Crippen molar-refractivity contribution in [1.82, 2.24) is 15.1 Å². The fraction of sp³-hybridized carbons (Fsp3) is 0.444. The van der Waals surface area contributed by atoms with Crippen LogP contribution in [0.4, 0.5) is 0 Å². The highest BCUT2D eigenvalue weighted by atomic mass is 16.3. The van der Waals surface area contributed by atoms with Crippen molar-refractivity contribution in [2.45, 2.75) is 38.6 Å². The van der Waals surface area contributed by atoms with Crippen LogP contribution in [0.15, 0.2) is 36.4 Å². The van der Waals surface area contributed by atoms with Crippen LogP contribution in [0, 0.1) is 5.92 Å². The van der Waals surface area contributed by atoms with E-state index in [1.165, 1.54) is 0 Å². The third-order valence-corrected chi connectivity index (χ3v) is 4.28. The van der Waals surface area contributed by atoms with Gasteiger partial charge in [-0.3, -0.25) is 4.79 Å². The summed E-state index contributed by atoms with van der Waals surface area (Å²) in [7, 11) is 0. The van der Waals surface area contributed by atoms with E-state index in [-0.39, 0.29) is 24.5 Å². The lowest BCUT2D eigenvalue weighted by Gasteiger charge is -2.20. The molecule has 1 amide bonds. The molecule has 5 heteroatoms. The Morgan fingerprint density at radius 3 is 2.61 bits per heavy atom. The summed E-state index contributed by atoms with van der Waals surface area (Å²) in [5.41, 5.74) is 2.37. The molecule has 1 saturated carbocycles. The largest absolute Gasteiger partial charge is 0.394 e. The Bertz CT molecular complexity index is 675. The minimum absolute atomic E-state index is 0.0711. The molecular formula is C18H23N3O2. The molecular weight excluding hydrogens is 290 g/mol. The molecule has 0 saturated heterocycles. The molecule has 1 atom stereocenters. The van der Waals surface area contributed by atoms with Crippen LogP contribution in [-0.4, -0.2) is 33.4 Å². The van der Waals surface area contributed by atoms with Gasteiger partial charge in [0.25, 0.3) is 5.91 Å². The normalized spacial score (nSPS) is 15.7. The quantitative estimate of drug-likeness (QED) is 0.861. The van der Waals surface area contributed by atoms with Gasteiger partial charge in [0, 0.05) is 5.92 Å². The summed E-state index contributed by atoms with van der Waals surface area (Å²) < 4.78 is 1.71. The van der Waals surface area contributed by atoms with Crippen molar-refractivity contribution in [3.05, 3.63) is 47.8 Å². The summed E-state index contributed by atoms with van der Waals surface area (Å²) in [5, 5.41) is 17.0. The highest BCUT2D eigenvalue weighted by Gasteiger charge is 2.29. The maximum Gasteiger partial charge on any atom is 0.270 e. The van der Waals surface area contributed by atoms with E-state index in [1.807, 2.05) is 50.2 Å². The van der Waals surface area contributed by atoms with Gasteiger partial charge in [-0.2, -0.15) is 5.10 Å². The Hall–Kier alpha value is -2.14. The molecule has 0 spiro atoms. The van der Waals surface area contributed by atoms with Gasteiger partial charge in [0.15, 0.2) is 0 Å². The molecule has 2 N–H and O–H groups in total. The van der Waals surface area contributed by atoms with Crippen molar-refractivity contribution in [2.75, 3.05) is 6.61 Å². The summed E-state index contributed by atoms with van der Waals surface area (Å²) >= 11 is 0. The summed E-state index contributed by atoms with van der Waals surface area (Å²) in [6.07, 6.45) is 2.27. The minimum atomic E-state index is -0.258. The second kappa shape index (κ2) is 6.54. The molecule has 1 fully saturated rings. The van der Waals surface area contributed by atoms with Gasteiger partial charge in [-0.15, -0.1) is 0 Å². The van der Waals surface area contributed by atoms with E-state index in [0.717, 1.165) is 24.2 Å². The molecule has 0 radical (unpaired) electrons. The maximum atomic E-state index is 12.7. The highest BCUT2D eigenvalue weighted by Crippen LogP contribution is 2.39. The Labute approximate surface area is 136 Å². The Morgan fingerprint density at radius 1 is 1.35 bits per heavy atom. The SMILES string of the molecule is CC(C)[C@H](CO)NC(=O)c1cc(C2CC2)nn1-c1ccccc1. The fourth-order valence-corrected chi connectivity index (χ4v) is 2.57. The number of aromatic nitrogens is 2. The average molecular weight is 313 g/mol. The number of carbonyl (C=O) groups is 1. The van der Waals surface area contributed by atoms with Crippen LogP contribution in [0.5, 0.6) is 0 Å². The number of hydrogen-bond donors (Lipinski definition) is 2. The van der Waals surface area contributed by atoms with Gasteiger partial charge in [-0.1, -0.05) is 32.0 Å². The molecule has 3 rings (SSSR count). The van der Waals surface area contributed by atoms with Crippen molar-refractivity contribution in [3.63, 3.8) is 0 Å². The van der Waals surface area contributed by atoms with Crippen LogP contribution in [0.25, 0.3) is 5.69 Å². The van der Waals surface area contributed by atoms with Gasteiger partial charge in [0.1, 0.15) is 5.69 Å². The fourth-order valence-electron chi connectivity index (χ4n) is 2.57. The number of benzene rings is 1. The van der Waals surface area contributed by atoms with Gasteiger partial charge in [0.2, 0.25) is 0 Å². The molecule has 1 aromatic heterocycles. The van der Waals surface area contributed by atoms with Gasteiger partial charge >= 0.3 is 0 Å². The average Bonchev–Trinajstić information content (AvgIpc) is 3.31. The number of hydrogen-bond acceptors (Lipinski definition) is 3. The standard InChI is InChI=1S/C18H23N3O2/c1-12(2)16(11-22)19-18(23)17-10-15(13-8-9-13)20-21(17)14-6-4-3-5-7-14/h3-7,10,12-13,16,22H,8-9,11H2,1-2H3,(H,19,23)/t16-/m0/s1. The first-order valence-electron chi connectivity index (χ1n) is 8.17. The maximum absolute atomic E-state index is 12.7. The zero-order valence-corrected chi connectivity index (χ0v) is 13.6. The van der Waals surface area contributed by atoms with Gasteiger partial charge in [-0.05, 0) is 37.0 Å². The molecule has 0 unspecified atom stereocenters. The van der Waals surface area contributed by atoms with Crippen molar-refractivity contribution in [2.24, 2.45) is 5.92 Å². The third kappa shape index (κ3) is 3.45. The van der Waals surface area contributed by atoms with E-state index in [1.54, 1.807) is 4.68 Å². The zero-order valence-electron chi connectivity index (χ0n) is 13.6. The number of nitrogens with one attached hydrogen (secondary N) is 1. The molecule has 5 nitrogen and oxygen atoms in total. The van der Waals surface area contributed by atoms with Crippen LogP contribution in [0.2, 0.25) is 0 Å². The molecule has 0 aliphatic heterocycles. The molecule has 0 bridgehead atoms. The summed E-state index contributed by atoms with van der Waals surface area (Å²) in [4.78, 5) is 12.7. The molecule has 1 aliphatic rings. The van der Waals surface area contributed by atoms with Gasteiger partial charge in [-0.25, -0.2) is 4.68 Å². The van der Waals surface area contributed by atoms with E-state index in [2.05, 4.69) is 10.4 Å². The van der Waals surface area contributed by atoms with E-state index < -0.39 is 0 Å². The number of carbonyl (C=O) groups excluding carboxylic acids is 1.